The number of furan rings is 1. The molecule has 1 aromatic heterocycles. The summed E-state index contributed by atoms with van der Waals surface area (Å²) in [7, 11) is 1.63. The topological polar surface area (TPSA) is 79.5 Å². The zero-order valence-corrected chi connectivity index (χ0v) is 15.5. The van der Waals surface area contributed by atoms with Crippen molar-refractivity contribution in [3.05, 3.63) is 54.0 Å². The molecule has 5 atom stereocenters. The van der Waals surface area contributed by atoms with Gasteiger partial charge in [0.1, 0.15) is 35.9 Å². The molecule has 0 saturated carbocycles. The third-order valence-electron chi connectivity index (χ3n) is 4.77. The molecular weight excluding hydrogens is 352 g/mol. The van der Waals surface area contributed by atoms with Crippen LogP contribution in [0.2, 0.25) is 0 Å². The minimum atomic E-state index is -0.984. The molecule has 2 fully saturated rings. The van der Waals surface area contributed by atoms with Crippen molar-refractivity contribution in [2.45, 2.75) is 56.9 Å². The number of ether oxygens (including phenoxy) is 5. The first-order valence-corrected chi connectivity index (χ1v) is 8.94. The van der Waals surface area contributed by atoms with Crippen LogP contribution < -0.4 is 4.74 Å². The molecule has 2 aliphatic rings. The molecule has 0 radical (unpaired) electrons. The second kappa shape index (κ2) is 7.26. The summed E-state index contributed by atoms with van der Waals surface area (Å²) in [5.41, 5.74) is 0.976. The Balaban J connectivity index is 1.50. The number of rotatable bonds is 6. The minimum absolute atomic E-state index is 0.340. The number of methoxy groups -OCH3 is 1. The first kappa shape index (κ1) is 18.5. The number of fused-ring (bicyclic) bond motifs is 1. The fraction of sp³-hybridized carbons (Fsp3) is 0.500. The van der Waals surface area contributed by atoms with Crippen molar-refractivity contribution in [2.24, 2.45) is 0 Å². The van der Waals surface area contributed by atoms with Crippen molar-refractivity contribution >= 4 is 0 Å². The summed E-state index contributed by atoms with van der Waals surface area (Å²) in [5, 5.41) is 10.7. The van der Waals surface area contributed by atoms with E-state index in [1.54, 1.807) is 19.2 Å². The van der Waals surface area contributed by atoms with Crippen molar-refractivity contribution in [3.63, 3.8) is 0 Å². The zero-order chi connectivity index (χ0) is 19.0. The smallest absolute Gasteiger partial charge is 0.190 e. The van der Waals surface area contributed by atoms with Crippen molar-refractivity contribution < 1.29 is 33.2 Å². The van der Waals surface area contributed by atoms with Gasteiger partial charge in [0.2, 0.25) is 0 Å². The maximum atomic E-state index is 10.7. The predicted octanol–water partition coefficient (Wildman–Crippen LogP) is 2.78. The molecule has 4 rings (SSSR count). The van der Waals surface area contributed by atoms with Gasteiger partial charge in [0.05, 0.1) is 20.0 Å². The second-order valence-electron chi connectivity index (χ2n) is 7.15. The van der Waals surface area contributed by atoms with E-state index in [1.165, 1.54) is 6.26 Å². The maximum absolute atomic E-state index is 10.7. The van der Waals surface area contributed by atoms with E-state index in [0.29, 0.717) is 12.4 Å². The summed E-state index contributed by atoms with van der Waals surface area (Å²) in [6.45, 7) is 3.99. The summed E-state index contributed by atoms with van der Waals surface area (Å²) in [6, 6.07) is 11.0. The van der Waals surface area contributed by atoms with Gasteiger partial charge >= 0.3 is 0 Å². The largest absolute Gasteiger partial charge is 0.497 e. The lowest BCUT2D eigenvalue weighted by Crippen LogP contribution is -2.39. The van der Waals surface area contributed by atoms with E-state index in [-0.39, 0.29) is 0 Å². The number of aliphatic hydroxyl groups excluding tert-OH is 1. The molecule has 1 aromatic carbocycles. The molecule has 27 heavy (non-hydrogen) atoms. The number of benzene rings is 1. The van der Waals surface area contributed by atoms with Gasteiger partial charge in [-0.1, -0.05) is 12.1 Å². The third-order valence-corrected chi connectivity index (χ3v) is 4.77. The van der Waals surface area contributed by atoms with Gasteiger partial charge in [0.25, 0.3) is 0 Å². The van der Waals surface area contributed by atoms with Gasteiger partial charge in [-0.15, -0.1) is 0 Å². The van der Waals surface area contributed by atoms with Crippen LogP contribution >= 0.6 is 0 Å². The average Bonchev–Trinajstić information content (AvgIpc) is 3.35. The Hall–Kier alpha value is -1.90. The van der Waals surface area contributed by atoms with Gasteiger partial charge in [-0.3, -0.25) is 0 Å². The van der Waals surface area contributed by atoms with E-state index in [4.69, 9.17) is 28.1 Å². The average molecular weight is 376 g/mol. The van der Waals surface area contributed by atoms with Crippen LogP contribution in [0.1, 0.15) is 31.3 Å². The quantitative estimate of drug-likeness (QED) is 0.830. The molecule has 7 heteroatoms. The van der Waals surface area contributed by atoms with E-state index in [0.717, 1.165) is 11.3 Å². The van der Waals surface area contributed by atoms with Crippen LogP contribution in [0.5, 0.6) is 5.75 Å². The fourth-order valence-electron chi connectivity index (χ4n) is 3.48. The highest BCUT2D eigenvalue weighted by Gasteiger charge is 2.57. The Kier molecular flexibility index (Phi) is 4.96. The van der Waals surface area contributed by atoms with Crippen LogP contribution in [-0.4, -0.2) is 42.6 Å². The van der Waals surface area contributed by atoms with E-state index in [9.17, 15) is 5.11 Å². The van der Waals surface area contributed by atoms with E-state index in [1.807, 2.05) is 38.1 Å². The molecule has 7 nitrogen and oxygen atoms in total. The Morgan fingerprint density at radius 1 is 1.15 bits per heavy atom. The van der Waals surface area contributed by atoms with Crippen LogP contribution in [0.4, 0.5) is 0 Å². The summed E-state index contributed by atoms with van der Waals surface area (Å²) in [6.07, 6.45) is -1.69. The van der Waals surface area contributed by atoms with Crippen molar-refractivity contribution in [1.82, 2.24) is 0 Å². The molecule has 2 saturated heterocycles. The van der Waals surface area contributed by atoms with Crippen LogP contribution in [0, 0.1) is 0 Å². The summed E-state index contributed by atoms with van der Waals surface area (Å²) in [5.74, 6) is 0.429. The maximum Gasteiger partial charge on any atom is 0.190 e. The Labute approximate surface area is 157 Å². The summed E-state index contributed by atoms with van der Waals surface area (Å²) < 4.78 is 34.3. The SMILES string of the molecule is COc1ccc(CO[C@@H]2[C@H]3OC(C)(C)O[C@H]3O[C@@H]2[C@H](O)c2ccco2)cc1. The van der Waals surface area contributed by atoms with Crippen LogP contribution in [0.25, 0.3) is 0 Å². The zero-order valence-electron chi connectivity index (χ0n) is 15.5. The summed E-state index contributed by atoms with van der Waals surface area (Å²) >= 11 is 0. The molecule has 2 aromatic rings. The number of hydrogen-bond donors (Lipinski definition) is 1. The van der Waals surface area contributed by atoms with Crippen molar-refractivity contribution in [2.75, 3.05) is 7.11 Å². The van der Waals surface area contributed by atoms with Gasteiger partial charge in [-0.2, -0.15) is 0 Å². The molecule has 146 valence electrons. The van der Waals surface area contributed by atoms with Gasteiger partial charge in [-0.25, -0.2) is 0 Å². The van der Waals surface area contributed by atoms with Gasteiger partial charge in [0.15, 0.2) is 12.1 Å². The van der Waals surface area contributed by atoms with Gasteiger partial charge < -0.3 is 33.2 Å². The van der Waals surface area contributed by atoms with Crippen LogP contribution in [0.15, 0.2) is 47.1 Å². The highest BCUT2D eigenvalue weighted by Crippen LogP contribution is 2.42. The first-order valence-electron chi connectivity index (χ1n) is 8.94. The Bertz CT molecular complexity index is 740. The number of hydrogen-bond acceptors (Lipinski definition) is 7. The Morgan fingerprint density at radius 3 is 2.59 bits per heavy atom. The molecule has 2 aliphatic heterocycles. The van der Waals surface area contributed by atoms with Gasteiger partial charge in [0, 0.05) is 0 Å². The molecular formula is C20H24O7. The highest BCUT2D eigenvalue weighted by atomic mass is 16.8. The summed E-state index contributed by atoms with van der Waals surface area (Å²) in [4.78, 5) is 0. The normalized spacial score (nSPS) is 30.2. The lowest BCUT2D eigenvalue weighted by Gasteiger charge is -2.28. The van der Waals surface area contributed by atoms with E-state index in [2.05, 4.69) is 0 Å². The minimum Gasteiger partial charge on any atom is -0.497 e. The predicted molar refractivity (Wildman–Crippen MR) is 93.9 cm³/mol. The van der Waals surface area contributed by atoms with Crippen LogP contribution in [0.3, 0.4) is 0 Å². The Morgan fingerprint density at radius 2 is 1.93 bits per heavy atom. The van der Waals surface area contributed by atoms with Gasteiger partial charge in [-0.05, 0) is 43.7 Å². The first-order chi connectivity index (χ1) is 13.0. The lowest BCUT2D eigenvalue weighted by atomic mass is 10.0. The molecule has 1 N–H and O–H groups in total. The molecule has 3 heterocycles. The molecule has 0 unspecified atom stereocenters. The molecule has 0 aliphatic carbocycles. The highest BCUT2D eigenvalue weighted by molar-refractivity contribution is 5.26. The fourth-order valence-corrected chi connectivity index (χ4v) is 3.48. The molecule has 0 amide bonds. The van der Waals surface area contributed by atoms with E-state index < -0.39 is 36.5 Å². The third kappa shape index (κ3) is 3.74. The molecule has 0 spiro atoms. The molecule has 0 bridgehead atoms. The monoisotopic (exact) mass is 376 g/mol. The van der Waals surface area contributed by atoms with Crippen LogP contribution in [-0.2, 0) is 25.6 Å². The van der Waals surface area contributed by atoms with Crippen molar-refractivity contribution in [1.29, 1.82) is 0 Å². The van der Waals surface area contributed by atoms with Crippen molar-refractivity contribution in [3.8, 4) is 5.75 Å². The number of aliphatic hydroxyl groups is 1. The lowest BCUT2D eigenvalue weighted by molar-refractivity contribution is -0.232. The van der Waals surface area contributed by atoms with E-state index >= 15 is 0 Å². The standard InChI is InChI=1S/C20H24O7/c1-20(2)26-18-17(24-11-12-6-8-13(22-3)9-7-12)16(25-19(18)27-20)15(21)14-5-4-10-23-14/h4-10,15-19,21H,11H2,1-3H3/t15-,16-,17+,18-,19-/m1/s1. The second-order valence-corrected chi connectivity index (χ2v) is 7.15.